The molecular formula is C29H31NO2. The molecule has 0 aromatic heterocycles. The summed E-state index contributed by atoms with van der Waals surface area (Å²) in [5, 5.41) is 9.49. The van der Waals surface area contributed by atoms with E-state index < -0.39 is 5.97 Å². The first-order valence-corrected chi connectivity index (χ1v) is 11.4. The van der Waals surface area contributed by atoms with Crippen molar-refractivity contribution in [3.8, 4) is 22.9 Å². The summed E-state index contributed by atoms with van der Waals surface area (Å²) in [6.07, 6.45) is 5.45. The van der Waals surface area contributed by atoms with Crippen LogP contribution in [0, 0.1) is 17.2 Å². The first-order valence-electron chi connectivity index (χ1n) is 11.4. The predicted molar refractivity (Wildman–Crippen MR) is 130 cm³/mol. The van der Waals surface area contributed by atoms with E-state index in [0.29, 0.717) is 22.8 Å². The van der Waals surface area contributed by atoms with Gasteiger partial charge in [-0.2, -0.15) is 5.26 Å². The van der Waals surface area contributed by atoms with Crippen LogP contribution in [0.5, 0.6) is 5.75 Å². The van der Waals surface area contributed by atoms with Crippen molar-refractivity contribution in [2.24, 2.45) is 5.92 Å². The third-order valence-electron chi connectivity index (χ3n) is 5.60. The molecule has 0 spiro atoms. The third kappa shape index (κ3) is 6.31. The van der Waals surface area contributed by atoms with Gasteiger partial charge in [0.15, 0.2) is 0 Å². The van der Waals surface area contributed by atoms with Gasteiger partial charge < -0.3 is 4.74 Å². The number of carbonyl (C=O) groups is 1. The van der Waals surface area contributed by atoms with E-state index in [9.17, 15) is 10.1 Å². The highest BCUT2D eigenvalue weighted by molar-refractivity contribution is 5.92. The smallest absolute Gasteiger partial charge is 0.343 e. The molecule has 32 heavy (non-hydrogen) atoms. The van der Waals surface area contributed by atoms with Gasteiger partial charge >= 0.3 is 5.97 Å². The molecule has 164 valence electrons. The number of hydrogen-bond acceptors (Lipinski definition) is 3. The molecule has 0 heterocycles. The molecule has 0 fully saturated rings. The quantitative estimate of drug-likeness (QED) is 0.265. The Labute approximate surface area is 191 Å². The van der Waals surface area contributed by atoms with Gasteiger partial charge in [0, 0.05) is 0 Å². The van der Waals surface area contributed by atoms with Crippen LogP contribution >= 0.6 is 0 Å². The number of hydrogen-bond donors (Lipinski definition) is 0. The van der Waals surface area contributed by atoms with Crippen LogP contribution in [0.25, 0.3) is 11.1 Å². The maximum Gasteiger partial charge on any atom is 0.343 e. The maximum absolute atomic E-state index is 12.6. The fourth-order valence-corrected chi connectivity index (χ4v) is 3.57. The topological polar surface area (TPSA) is 50.1 Å². The zero-order valence-electron chi connectivity index (χ0n) is 19.2. The molecule has 0 atom stereocenters. The molecule has 0 N–H and O–H groups in total. The van der Waals surface area contributed by atoms with Gasteiger partial charge in [-0.3, -0.25) is 0 Å². The molecule has 0 aliphatic carbocycles. The number of aryl methyl sites for hydroxylation is 2. The summed E-state index contributed by atoms with van der Waals surface area (Å²) in [6.45, 7) is 6.55. The number of nitrogens with zero attached hydrogens (tertiary/aromatic N) is 1. The normalized spacial score (nSPS) is 10.7. The summed E-state index contributed by atoms with van der Waals surface area (Å²) < 4.78 is 5.54. The summed E-state index contributed by atoms with van der Waals surface area (Å²) in [7, 11) is 0. The van der Waals surface area contributed by atoms with E-state index in [2.05, 4.69) is 51.1 Å². The van der Waals surface area contributed by atoms with Crippen molar-refractivity contribution < 1.29 is 9.53 Å². The Morgan fingerprint density at radius 2 is 1.53 bits per heavy atom. The molecule has 3 nitrogen and oxygen atoms in total. The SMILES string of the molecule is CCCCc1ccc(-c2ccc(C(=O)Oc3ccc(CCC(C)C)cc3C#N)cc2)cc1. The van der Waals surface area contributed by atoms with Gasteiger partial charge in [-0.25, -0.2) is 4.79 Å². The second-order valence-electron chi connectivity index (χ2n) is 8.64. The zero-order chi connectivity index (χ0) is 22.9. The molecular weight excluding hydrogens is 394 g/mol. The second-order valence-corrected chi connectivity index (χ2v) is 8.64. The van der Waals surface area contributed by atoms with Crippen molar-refractivity contribution in [3.63, 3.8) is 0 Å². The van der Waals surface area contributed by atoms with E-state index in [-0.39, 0.29) is 0 Å². The summed E-state index contributed by atoms with van der Waals surface area (Å²) in [6, 6.07) is 23.6. The first-order chi connectivity index (χ1) is 15.5. The fourth-order valence-electron chi connectivity index (χ4n) is 3.57. The van der Waals surface area contributed by atoms with E-state index in [0.717, 1.165) is 36.0 Å². The highest BCUT2D eigenvalue weighted by Gasteiger charge is 2.13. The maximum atomic E-state index is 12.6. The third-order valence-corrected chi connectivity index (χ3v) is 5.60. The molecule has 0 aliphatic rings. The lowest BCUT2D eigenvalue weighted by molar-refractivity contribution is 0.0734. The molecule has 0 amide bonds. The fraction of sp³-hybridized carbons (Fsp3) is 0.310. The molecule has 3 rings (SSSR count). The molecule has 3 aromatic rings. The van der Waals surface area contributed by atoms with Gasteiger partial charge in [0.25, 0.3) is 0 Å². The molecule has 0 unspecified atom stereocenters. The van der Waals surface area contributed by atoms with Gasteiger partial charge in [0.1, 0.15) is 11.8 Å². The van der Waals surface area contributed by atoms with Crippen LogP contribution in [0.3, 0.4) is 0 Å². The monoisotopic (exact) mass is 425 g/mol. The summed E-state index contributed by atoms with van der Waals surface area (Å²) >= 11 is 0. The Balaban J connectivity index is 1.68. The molecule has 0 bridgehead atoms. The van der Waals surface area contributed by atoms with Crippen molar-refractivity contribution in [2.45, 2.75) is 52.9 Å². The van der Waals surface area contributed by atoms with Crippen molar-refractivity contribution in [1.82, 2.24) is 0 Å². The lowest BCUT2D eigenvalue weighted by atomic mass is 10.0. The molecule has 3 aromatic carbocycles. The summed E-state index contributed by atoms with van der Waals surface area (Å²) in [5.41, 5.74) is 5.45. The zero-order valence-corrected chi connectivity index (χ0v) is 19.2. The van der Waals surface area contributed by atoms with Gasteiger partial charge in [0.05, 0.1) is 11.1 Å². The molecule has 0 radical (unpaired) electrons. The van der Waals surface area contributed by atoms with E-state index >= 15 is 0 Å². The Bertz CT molecular complexity index is 1070. The van der Waals surface area contributed by atoms with Crippen molar-refractivity contribution in [3.05, 3.63) is 89.0 Å². The van der Waals surface area contributed by atoms with Crippen LogP contribution in [-0.2, 0) is 12.8 Å². The number of esters is 1. The van der Waals surface area contributed by atoms with Crippen molar-refractivity contribution >= 4 is 5.97 Å². The van der Waals surface area contributed by atoms with E-state index in [4.69, 9.17) is 4.74 Å². The Kier molecular flexibility index (Phi) is 8.22. The van der Waals surface area contributed by atoms with Gasteiger partial charge in [-0.1, -0.05) is 69.7 Å². The average molecular weight is 426 g/mol. The van der Waals surface area contributed by atoms with Gasteiger partial charge in [-0.05, 0) is 78.1 Å². The van der Waals surface area contributed by atoms with E-state index in [1.54, 1.807) is 18.2 Å². The first kappa shape index (κ1) is 23.3. The van der Waals surface area contributed by atoms with Crippen LogP contribution in [0.2, 0.25) is 0 Å². The van der Waals surface area contributed by atoms with Crippen LogP contribution in [0.4, 0.5) is 0 Å². The molecule has 0 saturated carbocycles. The molecule has 3 heteroatoms. The Morgan fingerprint density at radius 3 is 2.12 bits per heavy atom. The summed E-state index contributed by atoms with van der Waals surface area (Å²) in [4.78, 5) is 12.6. The number of unbranched alkanes of at least 4 members (excludes halogenated alkanes) is 1. The molecule has 0 aliphatic heterocycles. The van der Waals surface area contributed by atoms with Gasteiger partial charge in [-0.15, -0.1) is 0 Å². The largest absolute Gasteiger partial charge is 0.422 e. The van der Waals surface area contributed by atoms with E-state index in [1.807, 2.05) is 24.3 Å². The van der Waals surface area contributed by atoms with Crippen LogP contribution < -0.4 is 4.74 Å². The van der Waals surface area contributed by atoms with Crippen LogP contribution in [0.1, 0.15) is 67.1 Å². The summed E-state index contributed by atoms with van der Waals surface area (Å²) in [5.74, 6) is 0.440. The number of benzene rings is 3. The highest BCUT2D eigenvalue weighted by atomic mass is 16.5. The minimum absolute atomic E-state index is 0.303. The number of rotatable bonds is 9. The lowest BCUT2D eigenvalue weighted by Gasteiger charge is -2.10. The van der Waals surface area contributed by atoms with Gasteiger partial charge in [0.2, 0.25) is 0 Å². The van der Waals surface area contributed by atoms with Crippen LogP contribution in [-0.4, -0.2) is 5.97 Å². The Hall–Kier alpha value is -3.38. The number of ether oxygens (including phenoxy) is 1. The number of carbonyl (C=O) groups excluding carboxylic acids is 1. The molecule has 0 saturated heterocycles. The standard InChI is InChI=1S/C29H31NO2/c1-4-5-6-22-9-12-24(13-10-22)25-14-16-26(17-15-25)29(31)32-28-18-11-23(8-7-21(2)3)19-27(28)20-30/h9-19,21H,4-8H2,1-3H3. The predicted octanol–water partition coefficient (Wildman–Crippen LogP) is 7.38. The minimum Gasteiger partial charge on any atom is -0.422 e. The number of nitriles is 1. The lowest BCUT2D eigenvalue weighted by Crippen LogP contribution is -2.09. The Morgan fingerprint density at radius 1 is 0.906 bits per heavy atom. The highest BCUT2D eigenvalue weighted by Crippen LogP contribution is 2.24. The second kappa shape index (κ2) is 11.3. The van der Waals surface area contributed by atoms with Crippen molar-refractivity contribution in [1.29, 1.82) is 5.26 Å². The van der Waals surface area contributed by atoms with Crippen LogP contribution in [0.15, 0.2) is 66.7 Å². The van der Waals surface area contributed by atoms with E-state index in [1.165, 1.54) is 18.4 Å². The minimum atomic E-state index is -0.460. The van der Waals surface area contributed by atoms with Crippen molar-refractivity contribution in [2.75, 3.05) is 0 Å². The average Bonchev–Trinajstić information content (AvgIpc) is 2.82.